The number of rotatable bonds is 6. The fourth-order valence-electron chi connectivity index (χ4n) is 4.29. The number of aromatic nitrogens is 5. The van der Waals surface area contributed by atoms with Gasteiger partial charge >= 0.3 is 0 Å². The van der Waals surface area contributed by atoms with Crippen LogP contribution < -0.4 is 9.64 Å². The van der Waals surface area contributed by atoms with Crippen LogP contribution in [0.1, 0.15) is 38.3 Å². The van der Waals surface area contributed by atoms with Crippen LogP contribution in [0.2, 0.25) is 0 Å². The number of anilines is 1. The van der Waals surface area contributed by atoms with Crippen molar-refractivity contribution in [2.75, 3.05) is 24.2 Å². The molecule has 0 spiro atoms. The molecule has 0 saturated carbocycles. The average molecular weight is 493 g/mol. The minimum Gasteiger partial charge on any atom is -0.436 e. The molecule has 1 aliphatic rings. The van der Waals surface area contributed by atoms with Crippen LogP contribution in [0.25, 0.3) is 10.9 Å². The molecule has 182 valence electrons. The van der Waals surface area contributed by atoms with Crippen molar-refractivity contribution in [3.05, 3.63) is 60.4 Å². The minimum absolute atomic E-state index is 0.0959. The molecule has 9 heteroatoms. The molecule has 4 heterocycles. The van der Waals surface area contributed by atoms with Crippen LogP contribution in [0, 0.1) is 5.82 Å². The van der Waals surface area contributed by atoms with Crippen molar-refractivity contribution in [1.29, 1.82) is 0 Å². The van der Waals surface area contributed by atoms with Gasteiger partial charge in [-0.25, -0.2) is 19.3 Å². The largest absolute Gasteiger partial charge is 0.436 e. The van der Waals surface area contributed by atoms with E-state index in [-0.39, 0.29) is 28.1 Å². The number of ether oxygens (including phenoxy) is 1. The van der Waals surface area contributed by atoms with Crippen LogP contribution >= 0.6 is 10.5 Å². The Bertz CT molecular complexity index is 1360. The highest BCUT2D eigenvalue weighted by molar-refractivity contribution is 8.14. The lowest BCUT2D eigenvalue weighted by Gasteiger charge is -2.32. The highest BCUT2D eigenvalue weighted by Crippen LogP contribution is 2.32. The van der Waals surface area contributed by atoms with Crippen LogP contribution in [-0.2, 0) is 6.42 Å². The lowest BCUT2D eigenvalue weighted by molar-refractivity contribution is 0.373. The zero-order chi connectivity index (χ0) is 24.4. The summed E-state index contributed by atoms with van der Waals surface area (Å²) in [5.41, 5.74) is 2.09. The number of fused-ring (bicyclic) bond motifs is 1. The number of aryl methyl sites for hydroxylation is 1. The summed E-state index contributed by atoms with van der Waals surface area (Å²) in [6.45, 7) is 5.82. The highest BCUT2D eigenvalue weighted by Gasteiger charge is 2.24. The topological polar surface area (TPSA) is 69.0 Å². The fraction of sp³-hybridized carbons (Fsp3) is 0.346. The van der Waals surface area contributed by atoms with E-state index in [9.17, 15) is 4.39 Å². The Morgan fingerprint density at radius 3 is 2.54 bits per heavy atom. The monoisotopic (exact) mass is 492 g/mol. The summed E-state index contributed by atoms with van der Waals surface area (Å²) in [5.74, 6) is 0.921. The van der Waals surface area contributed by atoms with Crippen molar-refractivity contribution in [3.63, 3.8) is 0 Å². The molecular formula is C26H29FN6OS. The first-order valence-electron chi connectivity index (χ1n) is 11.9. The Morgan fingerprint density at radius 1 is 1.09 bits per heavy atom. The van der Waals surface area contributed by atoms with Gasteiger partial charge in [-0.2, -0.15) is 15.6 Å². The first kappa shape index (κ1) is 23.4. The maximum atomic E-state index is 14.6. The summed E-state index contributed by atoms with van der Waals surface area (Å²) < 4.78 is 22.4. The Labute approximate surface area is 206 Å². The third kappa shape index (κ3) is 4.91. The lowest BCUT2D eigenvalue weighted by atomic mass is 10.1. The molecule has 1 aliphatic heterocycles. The van der Waals surface area contributed by atoms with Crippen molar-refractivity contribution in [2.45, 2.75) is 44.0 Å². The predicted molar refractivity (Wildman–Crippen MR) is 139 cm³/mol. The number of hydrogen-bond donors (Lipinski definition) is 0. The average Bonchev–Trinajstić information content (AvgIpc) is 3.33. The molecule has 5 rings (SSSR count). The second-order valence-electron chi connectivity index (χ2n) is 8.62. The van der Waals surface area contributed by atoms with Gasteiger partial charge in [0, 0.05) is 41.8 Å². The molecule has 4 aromatic rings. The number of piperidine rings is 1. The Balaban J connectivity index is 1.28. The van der Waals surface area contributed by atoms with Gasteiger partial charge in [-0.05, 0) is 56.2 Å². The fourth-order valence-corrected chi connectivity index (χ4v) is 5.13. The summed E-state index contributed by atoms with van der Waals surface area (Å²) in [7, 11) is -0.0959. The first-order valence-corrected chi connectivity index (χ1v) is 13.6. The van der Waals surface area contributed by atoms with Crippen molar-refractivity contribution in [3.8, 4) is 11.6 Å². The molecule has 1 fully saturated rings. The molecule has 1 saturated heterocycles. The van der Waals surface area contributed by atoms with Crippen LogP contribution in [0.4, 0.5) is 10.3 Å². The van der Waals surface area contributed by atoms with E-state index in [0.717, 1.165) is 59.7 Å². The first-order chi connectivity index (χ1) is 17.1. The lowest BCUT2D eigenvalue weighted by Crippen LogP contribution is -2.36. The van der Waals surface area contributed by atoms with Gasteiger partial charge in [0.1, 0.15) is 0 Å². The van der Waals surface area contributed by atoms with E-state index in [2.05, 4.69) is 43.5 Å². The van der Waals surface area contributed by atoms with Gasteiger partial charge in [0.25, 0.3) is 0 Å². The standard InChI is InChI=1S/C26H29FN6OS/c1-4-18-14-29-26(30-15-18)32-10-8-20(9-11-32)33-23-17-28-25(12-19(23)16-31-33)34-24-7-6-21(13-22(24)27)35(3)5-2/h5-7,12-17,20H,4,8-11H2,1-3H3. The molecule has 0 N–H and O–H groups in total. The van der Waals surface area contributed by atoms with Gasteiger partial charge in [-0.15, -0.1) is 0 Å². The summed E-state index contributed by atoms with van der Waals surface area (Å²) in [5, 5.41) is 7.62. The van der Waals surface area contributed by atoms with Crippen LogP contribution in [0.3, 0.4) is 0 Å². The Hall–Kier alpha value is -3.33. The number of nitrogens with zero attached hydrogens (tertiary/aromatic N) is 6. The number of hydrogen-bond acceptors (Lipinski definition) is 6. The molecule has 7 nitrogen and oxygen atoms in total. The molecule has 0 amide bonds. The van der Waals surface area contributed by atoms with Gasteiger partial charge in [0.05, 0.1) is 24.0 Å². The molecule has 0 radical (unpaired) electrons. The van der Waals surface area contributed by atoms with Crippen LogP contribution in [0.5, 0.6) is 11.6 Å². The van der Waals surface area contributed by atoms with E-state index in [1.807, 2.05) is 42.3 Å². The smallest absolute Gasteiger partial charge is 0.225 e. The zero-order valence-electron chi connectivity index (χ0n) is 20.2. The number of benzene rings is 1. The van der Waals surface area contributed by atoms with E-state index in [1.54, 1.807) is 12.3 Å². The minimum atomic E-state index is -0.388. The third-order valence-electron chi connectivity index (χ3n) is 6.49. The van der Waals surface area contributed by atoms with Gasteiger partial charge in [0.2, 0.25) is 11.8 Å². The molecule has 3 aromatic heterocycles. The van der Waals surface area contributed by atoms with Crippen molar-refractivity contribution >= 4 is 32.7 Å². The van der Waals surface area contributed by atoms with E-state index in [1.165, 1.54) is 6.07 Å². The van der Waals surface area contributed by atoms with Gasteiger partial charge in [0.15, 0.2) is 11.6 Å². The van der Waals surface area contributed by atoms with Crippen LogP contribution in [-0.4, -0.2) is 49.4 Å². The maximum absolute atomic E-state index is 14.6. The molecule has 1 aromatic carbocycles. The predicted octanol–water partition coefficient (Wildman–Crippen LogP) is 5.64. The summed E-state index contributed by atoms with van der Waals surface area (Å²) in [4.78, 5) is 16.6. The molecule has 35 heavy (non-hydrogen) atoms. The zero-order valence-corrected chi connectivity index (χ0v) is 21.0. The van der Waals surface area contributed by atoms with Gasteiger partial charge < -0.3 is 9.64 Å². The van der Waals surface area contributed by atoms with Crippen molar-refractivity contribution in [2.24, 2.45) is 0 Å². The number of pyridine rings is 1. The number of halogens is 1. The molecule has 1 unspecified atom stereocenters. The molecule has 0 aliphatic carbocycles. The third-order valence-corrected chi connectivity index (χ3v) is 8.20. The molecule has 0 bridgehead atoms. The van der Waals surface area contributed by atoms with Crippen molar-refractivity contribution < 1.29 is 9.13 Å². The molecule has 1 atom stereocenters. The second-order valence-corrected chi connectivity index (χ2v) is 10.7. The second kappa shape index (κ2) is 10.1. The summed E-state index contributed by atoms with van der Waals surface area (Å²) in [6.07, 6.45) is 12.3. The van der Waals surface area contributed by atoms with Gasteiger partial charge in [-0.1, -0.05) is 12.3 Å². The van der Waals surface area contributed by atoms with E-state index >= 15 is 0 Å². The Morgan fingerprint density at radius 2 is 1.86 bits per heavy atom. The van der Waals surface area contributed by atoms with Crippen LogP contribution in [0.15, 0.2) is 53.9 Å². The molecular weight excluding hydrogens is 463 g/mol. The van der Waals surface area contributed by atoms with Crippen molar-refractivity contribution in [1.82, 2.24) is 24.7 Å². The normalized spacial score (nSPS) is 15.6. The van der Waals surface area contributed by atoms with E-state index in [4.69, 9.17) is 4.74 Å². The Kier molecular flexibility index (Phi) is 6.77. The summed E-state index contributed by atoms with van der Waals surface area (Å²) in [6, 6.07) is 7.18. The van der Waals surface area contributed by atoms with Gasteiger partial charge in [-0.3, -0.25) is 4.68 Å². The van der Waals surface area contributed by atoms with E-state index < -0.39 is 0 Å². The SMILES string of the molecule is C/C=S(/C)c1ccc(Oc2cc3cnn(C4CCN(c5ncc(CC)cn5)CC4)c3cn2)c(F)c1. The quantitative estimate of drug-likeness (QED) is 0.325. The summed E-state index contributed by atoms with van der Waals surface area (Å²) >= 11 is 0. The van der Waals surface area contributed by atoms with E-state index in [0.29, 0.717) is 5.88 Å². The highest BCUT2D eigenvalue weighted by atomic mass is 32.2. The maximum Gasteiger partial charge on any atom is 0.225 e.